The normalized spacial score (nSPS) is 11.2. The second-order valence-electron chi connectivity index (χ2n) is 5.38. The molecule has 122 valence electrons. The molecule has 7 heteroatoms. The van der Waals surface area contributed by atoms with Crippen LogP contribution < -0.4 is 11.0 Å². The standard InChI is InChI=1S/C18H14N6O/c25-17-16(12-6-2-1-3-7-12)22-24-18(21-17)23-20-11-13-10-19-15-9-5-4-8-14(13)15/h1-11,19H,(H2,21,23,24,25). The van der Waals surface area contributed by atoms with Crippen molar-refractivity contribution in [2.24, 2.45) is 5.10 Å². The molecule has 2 heterocycles. The van der Waals surface area contributed by atoms with Crippen molar-refractivity contribution in [3.8, 4) is 11.3 Å². The van der Waals surface area contributed by atoms with Gasteiger partial charge in [-0.15, -0.1) is 10.2 Å². The first-order valence-corrected chi connectivity index (χ1v) is 7.69. The minimum Gasteiger partial charge on any atom is -0.361 e. The lowest BCUT2D eigenvalue weighted by Gasteiger charge is -2.01. The molecule has 0 atom stereocenters. The van der Waals surface area contributed by atoms with Crippen molar-refractivity contribution in [1.29, 1.82) is 0 Å². The molecule has 7 nitrogen and oxygen atoms in total. The lowest BCUT2D eigenvalue weighted by Crippen LogP contribution is -2.15. The van der Waals surface area contributed by atoms with Crippen LogP contribution in [0.5, 0.6) is 0 Å². The van der Waals surface area contributed by atoms with Crippen LogP contribution in [-0.4, -0.2) is 26.4 Å². The van der Waals surface area contributed by atoms with Gasteiger partial charge in [0.1, 0.15) is 0 Å². The van der Waals surface area contributed by atoms with Crippen LogP contribution in [0.4, 0.5) is 5.95 Å². The van der Waals surface area contributed by atoms with Gasteiger partial charge in [0.25, 0.3) is 5.56 Å². The van der Waals surface area contributed by atoms with Crippen LogP contribution in [0.15, 0.2) is 70.7 Å². The molecule has 0 unspecified atom stereocenters. The van der Waals surface area contributed by atoms with Gasteiger partial charge in [0.2, 0.25) is 5.95 Å². The maximum atomic E-state index is 12.2. The van der Waals surface area contributed by atoms with E-state index < -0.39 is 0 Å². The first-order valence-electron chi connectivity index (χ1n) is 7.69. The van der Waals surface area contributed by atoms with Crippen molar-refractivity contribution >= 4 is 23.1 Å². The molecule has 2 aromatic heterocycles. The van der Waals surface area contributed by atoms with Crippen molar-refractivity contribution in [2.45, 2.75) is 0 Å². The Morgan fingerprint density at radius 2 is 1.80 bits per heavy atom. The summed E-state index contributed by atoms with van der Waals surface area (Å²) in [6, 6.07) is 17.1. The van der Waals surface area contributed by atoms with E-state index in [-0.39, 0.29) is 17.2 Å². The van der Waals surface area contributed by atoms with Gasteiger partial charge in [-0.1, -0.05) is 48.5 Å². The monoisotopic (exact) mass is 330 g/mol. The highest BCUT2D eigenvalue weighted by molar-refractivity contribution is 5.99. The van der Waals surface area contributed by atoms with E-state index in [1.165, 1.54) is 0 Å². The SMILES string of the molecule is O=c1[nH]c(NN=Cc2c[nH]c3ccccc23)nnc1-c1ccccc1. The summed E-state index contributed by atoms with van der Waals surface area (Å²) in [6.07, 6.45) is 3.52. The molecule has 0 aliphatic heterocycles. The van der Waals surface area contributed by atoms with Gasteiger partial charge in [-0.25, -0.2) is 5.43 Å². The topological polar surface area (TPSA) is 98.8 Å². The molecule has 0 saturated carbocycles. The van der Waals surface area contributed by atoms with Gasteiger partial charge >= 0.3 is 0 Å². The van der Waals surface area contributed by atoms with E-state index >= 15 is 0 Å². The largest absolute Gasteiger partial charge is 0.361 e. The zero-order valence-corrected chi connectivity index (χ0v) is 13.1. The van der Waals surface area contributed by atoms with E-state index in [0.717, 1.165) is 16.5 Å². The smallest absolute Gasteiger partial charge is 0.279 e. The average Bonchev–Trinajstić information content (AvgIpc) is 3.06. The summed E-state index contributed by atoms with van der Waals surface area (Å²) in [7, 11) is 0. The summed E-state index contributed by atoms with van der Waals surface area (Å²) >= 11 is 0. The van der Waals surface area contributed by atoms with Crippen molar-refractivity contribution < 1.29 is 0 Å². The lowest BCUT2D eigenvalue weighted by molar-refractivity contribution is 0.947. The maximum Gasteiger partial charge on any atom is 0.279 e. The first kappa shape index (κ1) is 14.8. The van der Waals surface area contributed by atoms with E-state index in [2.05, 4.69) is 30.7 Å². The zero-order chi connectivity index (χ0) is 17.1. The Morgan fingerprint density at radius 3 is 2.64 bits per heavy atom. The summed E-state index contributed by atoms with van der Waals surface area (Å²) < 4.78 is 0. The molecule has 0 radical (unpaired) electrons. The maximum absolute atomic E-state index is 12.2. The van der Waals surface area contributed by atoms with Gasteiger partial charge < -0.3 is 4.98 Å². The third kappa shape index (κ3) is 3.02. The van der Waals surface area contributed by atoms with Crippen LogP contribution in [0.2, 0.25) is 0 Å². The van der Waals surface area contributed by atoms with Gasteiger partial charge in [0, 0.05) is 28.2 Å². The molecule has 0 bridgehead atoms. The van der Waals surface area contributed by atoms with E-state index in [4.69, 9.17) is 0 Å². The molecule has 0 spiro atoms. The quantitative estimate of drug-likeness (QED) is 0.396. The van der Waals surface area contributed by atoms with Gasteiger partial charge in [-0.2, -0.15) is 5.10 Å². The molecule has 0 saturated heterocycles. The first-order chi connectivity index (χ1) is 12.3. The Balaban J connectivity index is 1.54. The number of rotatable bonds is 4. The molecule has 0 amide bonds. The second kappa shape index (κ2) is 6.40. The van der Waals surface area contributed by atoms with Crippen molar-refractivity contribution in [2.75, 3.05) is 5.43 Å². The van der Waals surface area contributed by atoms with E-state index in [0.29, 0.717) is 5.56 Å². The van der Waals surface area contributed by atoms with Gasteiger partial charge in [0.15, 0.2) is 5.69 Å². The number of benzene rings is 2. The number of hydrogen-bond acceptors (Lipinski definition) is 5. The van der Waals surface area contributed by atoms with Crippen LogP contribution in [0, 0.1) is 0 Å². The summed E-state index contributed by atoms with van der Waals surface area (Å²) in [5, 5.41) is 13.1. The summed E-state index contributed by atoms with van der Waals surface area (Å²) in [5.41, 5.74) is 5.31. The van der Waals surface area contributed by atoms with Crippen molar-refractivity contribution in [3.05, 3.63) is 76.7 Å². The van der Waals surface area contributed by atoms with Crippen LogP contribution in [0.25, 0.3) is 22.2 Å². The van der Waals surface area contributed by atoms with Crippen LogP contribution in [0.1, 0.15) is 5.56 Å². The Bertz CT molecular complexity index is 1100. The molecule has 0 aliphatic carbocycles. The Hall–Kier alpha value is -3.74. The number of anilines is 1. The van der Waals surface area contributed by atoms with Crippen LogP contribution in [-0.2, 0) is 0 Å². The number of hydrazone groups is 1. The summed E-state index contributed by atoms with van der Waals surface area (Å²) in [5.74, 6) is 0.181. The third-order valence-corrected chi connectivity index (χ3v) is 3.74. The Morgan fingerprint density at radius 1 is 1.00 bits per heavy atom. The molecular weight excluding hydrogens is 316 g/mol. The number of H-pyrrole nitrogens is 2. The predicted molar refractivity (Wildman–Crippen MR) is 97.6 cm³/mol. The highest BCUT2D eigenvalue weighted by Gasteiger charge is 2.06. The molecule has 4 rings (SSSR count). The van der Waals surface area contributed by atoms with E-state index in [9.17, 15) is 4.79 Å². The molecule has 4 aromatic rings. The van der Waals surface area contributed by atoms with Crippen LogP contribution >= 0.6 is 0 Å². The van der Waals surface area contributed by atoms with Crippen LogP contribution in [0.3, 0.4) is 0 Å². The molecule has 0 fully saturated rings. The number of aromatic amines is 2. The van der Waals surface area contributed by atoms with E-state index in [1.807, 2.05) is 60.8 Å². The van der Waals surface area contributed by atoms with Gasteiger partial charge in [-0.05, 0) is 6.07 Å². The molecule has 0 aliphatic rings. The molecule has 25 heavy (non-hydrogen) atoms. The highest BCUT2D eigenvalue weighted by atomic mass is 16.1. The minimum absolute atomic E-state index is 0.181. The third-order valence-electron chi connectivity index (χ3n) is 3.74. The molecular formula is C18H14N6O. The van der Waals surface area contributed by atoms with E-state index in [1.54, 1.807) is 6.21 Å². The Labute approximate surface area is 142 Å². The summed E-state index contributed by atoms with van der Waals surface area (Å²) in [6.45, 7) is 0. The number of hydrogen-bond donors (Lipinski definition) is 3. The minimum atomic E-state index is -0.328. The van der Waals surface area contributed by atoms with Crippen molar-refractivity contribution in [3.63, 3.8) is 0 Å². The fourth-order valence-electron chi connectivity index (χ4n) is 2.54. The molecule has 2 aromatic carbocycles. The number of nitrogens with zero attached hydrogens (tertiary/aromatic N) is 3. The lowest BCUT2D eigenvalue weighted by atomic mass is 10.2. The fourth-order valence-corrected chi connectivity index (χ4v) is 2.54. The Kier molecular flexibility index (Phi) is 3.80. The van der Waals surface area contributed by atoms with Crippen molar-refractivity contribution in [1.82, 2.24) is 20.2 Å². The number of para-hydroxylation sites is 1. The predicted octanol–water partition coefficient (Wildman–Crippen LogP) is 2.76. The van der Waals surface area contributed by atoms with Gasteiger partial charge in [-0.3, -0.25) is 9.78 Å². The number of aromatic nitrogens is 4. The average molecular weight is 330 g/mol. The summed E-state index contributed by atoms with van der Waals surface area (Å²) in [4.78, 5) is 17.9. The number of fused-ring (bicyclic) bond motifs is 1. The number of nitrogens with one attached hydrogen (secondary N) is 3. The molecule has 3 N–H and O–H groups in total. The fraction of sp³-hybridized carbons (Fsp3) is 0. The highest BCUT2D eigenvalue weighted by Crippen LogP contribution is 2.15. The van der Waals surface area contributed by atoms with Gasteiger partial charge in [0.05, 0.1) is 6.21 Å². The second-order valence-corrected chi connectivity index (χ2v) is 5.38. The zero-order valence-electron chi connectivity index (χ0n) is 13.1.